The topological polar surface area (TPSA) is 224 Å². The van der Waals surface area contributed by atoms with Gasteiger partial charge in [-0.1, -0.05) is 0 Å². The molecule has 6 N–H and O–H groups in total. The van der Waals surface area contributed by atoms with Gasteiger partial charge in [-0.25, -0.2) is 0 Å². The van der Waals surface area contributed by atoms with Crippen molar-refractivity contribution in [2.45, 2.75) is 146 Å². The van der Waals surface area contributed by atoms with Crippen molar-refractivity contribution in [2.24, 2.45) is 16.2 Å². The zero-order valence-electron chi connectivity index (χ0n) is 33.6. The number of aliphatic carboxylic acids is 6. The first kappa shape index (κ1) is 63.4. The number of unbranched alkanes of at least 4 members (excludes halogenated alkanes) is 5. The predicted octanol–water partition coefficient (Wildman–Crippen LogP) is 8.79. The molecular formula is C38H71O12S6Sn. The quantitative estimate of drug-likeness (QED) is 0.0168. The van der Waals surface area contributed by atoms with Gasteiger partial charge in [0.2, 0.25) is 0 Å². The van der Waals surface area contributed by atoms with Crippen molar-refractivity contribution >= 4 is 134 Å². The van der Waals surface area contributed by atoms with Crippen molar-refractivity contribution in [3.8, 4) is 0 Å². The van der Waals surface area contributed by atoms with Crippen LogP contribution in [-0.4, -0.2) is 123 Å². The smallest absolute Gasteiger partial charge is 0.309 e. The van der Waals surface area contributed by atoms with Crippen molar-refractivity contribution < 1.29 is 59.4 Å². The zero-order valence-corrected chi connectivity index (χ0v) is 41.8. The minimum atomic E-state index is -0.893. The van der Waals surface area contributed by atoms with Crippen LogP contribution < -0.4 is 0 Å². The molecule has 0 rings (SSSR count). The number of hydrogen-bond acceptors (Lipinski definition) is 12. The Hall–Kier alpha value is -0.281. The van der Waals surface area contributed by atoms with Gasteiger partial charge in [-0.15, -0.1) is 0 Å². The van der Waals surface area contributed by atoms with Crippen LogP contribution in [-0.2, 0) is 28.8 Å². The molecule has 0 spiro atoms. The summed E-state index contributed by atoms with van der Waals surface area (Å²) in [5.74, 6) is -2.42. The summed E-state index contributed by atoms with van der Waals surface area (Å²) in [6.07, 6.45) is 13.7. The average molecular weight is 1030 g/mol. The molecule has 0 unspecified atom stereocenters. The van der Waals surface area contributed by atoms with E-state index in [9.17, 15) is 44.1 Å². The van der Waals surface area contributed by atoms with E-state index in [2.05, 4.69) is 82.7 Å². The van der Waals surface area contributed by atoms with Crippen molar-refractivity contribution in [3.05, 3.63) is 0 Å². The Morgan fingerprint density at radius 3 is 0.789 bits per heavy atom. The molecule has 0 atom stereocenters. The van der Waals surface area contributed by atoms with Gasteiger partial charge in [-0.05, 0) is 112 Å². The zero-order chi connectivity index (χ0) is 44.8. The molecule has 57 heavy (non-hydrogen) atoms. The first-order chi connectivity index (χ1) is 26.9. The molecule has 3 radical (unpaired) electrons. The van der Waals surface area contributed by atoms with Gasteiger partial charge in [-0.2, -0.15) is 75.8 Å². The van der Waals surface area contributed by atoms with Crippen LogP contribution in [0.25, 0.3) is 0 Å². The molecule has 0 fully saturated rings. The summed E-state index contributed by atoms with van der Waals surface area (Å²) in [6.45, 7) is 2.27. The fourth-order valence-electron chi connectivity index (χ4n) is 6.01. The first-order valence-corrected chi connectivity index (χ1v) is 25.3. The van der Waals surface area contributed by atoms with Crippen molar-refractivity contribution in [3.63, 3.8) is 0 Å². The van der Waals surface area contributed by atoms with E-state index in [1.54, 1.807) is 22.5 Å². The summed E-state index contributed by atoms with van der Waals surface area (Å²) in [5, 5.41) is 53.3. The van der Waals surface area contributed by atoms with Gasteiger partial charge in [0.15, 0.2) is 0 Å². The monoisotopic (exact) mass is 1030 g/mol. The number of thiol groups is 6. The Bertz CT molecular complexity index is 944. The molecule has 0 aromatic carbocycles. The molecule has 0 amide bonds. The Labute approximate surface area is 387 Å². The maximum atomic E-state index is 11.3. The van der Waals surface area contributed by atoms with Gasteiger partial charge in [0.05, 0.1) is 16.2 Å². The molecule has 0 aliphatic carbocycles. The van der Waals surface area contributed by atoms with Gasteiger partial charge < -0.3 is 30.6 Å². The van der Waals surface area contributed by atoms with E-state index in [4.69, 9.17) is 15.3 Å². The van der Waals surface area contributed by atoms with Crippen LogP contribution in [0.4, 0.5) is 0 Å². The SMILES string of the molecule is CCCCCCC[CH2][Sn].O=C(O)CCCC(CCS)(CCS)C(=O)O.O=C(O)CCCC(CCS)(CCS)C(=O)O.O=C(O)CCCC(CCS)(CCS)C(=O)O. The first-order valence-electron chi connectivity index (χ1n) is 19.5. The second-order valence-electron chi connectivity index (χ2n) is 13.9. The molecule has 335 valence electrons. The summed E-state index contributed by atoms with van der Waals surface area (Å²) in [6, 6.07) is 0. The normalized spacial score (nSPS) is 11.2. The van der Waals surface area contributed by atoms with Gasteiger partial charge >= 0.3 is 108 Å². The van der Waals surface area contributed by atoms with E-state index in [-0.39, 0.29) is 19.3 Å². The predicted molar refractivity (Wildman–Crippen MR) is 249 cm³/mol. The van der Waals surface area contributed by atoms with Crippen molar-refractivity contribution in [1.82, 2.24) is 0 Å². The van der Waals surface area contributed by atoms with Crippen molar-refractivity contribution in [2.75, 3.05) is 34.5 Å². The molecule has 0 aliphatic rings. The van der Waals surface area contributed by atoms with Gasteiger partial charge in [0.1, 0.15) is 0 Å². The van der Waals surface area contributed by atoms with Crippen LogP contribution in [0.2, 0.25) is 4.44 Å². The van der Waals surface area contributed by atoms with Crippen LogP contribution >= 0.6 is 75.8 Å². The molecule has 0 aliphatic heterocycles. The summed E-state index contributed by atoms with van der Waals surface area (Å²) < 4.78 is 1.46. The molecule has 0 aromatic rings. The second-order valence-corrected chi connectivity index (χ2v) is 18.0. The van der Waals surface area contributed by atoms with Crippen LogP contribution in [0.15, 0.2) is 0 Å². The molecule has 0 aromatic heterocycles. The van der Waals surface area contributed by atoms with E-state index < -0.39 is 52.1 Å². The fraction of sp³-hybridized carbons (Fsp3) is 0.842. The minimum Gasteiger partial charge on any atom is -0.481 e. The van der Waals surface area contributed by atoms with Crippen LogP contribution in [0, 0.1) is 16.2 Å². The third kappa shape index (κ3) is 34.0. The van der Waals surface area contributed by atoms with Crippen molar-refractivity contribution in [1.29, 1.82) is 0 Å². The summed E-state index contributed by atoms with van der Waals surface area (Å²) >= 11 is 26.1. The maximum Gasteiger partial charge on any atom is 0.309 e. The largest absolute Gasteiger partial charge is 0.481 e. The van der Waals surface area contributed by atoms with Gasteiger partial charge in [0, 0.05) is 19.3 Å². The third-order valence-corrected chi connectivity index (χ3v) is 11.9. The Kier molecular flexibility index (Phi) is 45.7. The van der Waals surface area contributed by atoms with E-state index >= 15 is 0 Å². The Balaban J connectivity index is -0.000000335. The van der Waals surface area contributed by atoms with E-state index in [1.165, 1.54) is 43.0 Å². The number of carboxylic acid groups (broad SMARTS) is 6. The average Bonchev–Trinajstić information content (AvgIpc) is 3.12. The van der Waals surface area contributed by atoms with Gasteiger partial charge in [0.25, 0.3) is 0 Å². The maximum absolute atomic E-state index is 11.3. The summed E-state index contributed by atoms with van der Waals surface area (Å²) in [5.41, 5.74) is -2.59. The van der Waals surface area contributed by atoms with E-state index in [0.29, 0.717) is 112 Å². The number of carboxylic acids is 6. The number of hydrogen-bond donors (Lipinski definition) is 12. The summed E-state index contributed by atoms with van der Waals surface area (Å²) in [4.78, 5) is 65.0. The Morgan fingerprint density at radius 2 is 0.614 bits per heavy atom. The van der Waals surface area contributed by atoms with Crippen LogP contribution in [0.1, 0.15) is 142 Å². The molecule has 0 saturated carbocycles. The third-order valence-electron chi connectivity index (χ3n) is 9.57. The second kappa shape index (κ2) is 41.1. The molecule has 12 nitrogen and oxygen atoms in total. The van der Waals surface area contributed by atoms with E-state index in [0.717, 1.165) is 0 Å². The molecule has 0 bridgehead atoms. The minimum absolute atomic E-state index is 0.00811. The molecule has 0 heterocycles. The number of rotatable bonds is 33. The summed E-state index contributed by atoms with van der Waals surface area (Å²) in [7, 11) is 0. The fourth-order valence-corrected chi connectivity index (χ4v) is 9.29. The molecule has 0 saturated heterocycles. The Morgan fingerprint density at radius 1 is 0.386 bits per heavy atom. The van der Waals surface area contributed by atoms with Crippen LogP contribution in [0.5, 0.6) is 0 Å². The number of carbonyl (C=O) groups is 6. The molecular weight excluding hydrogens is 960 g/mol. The standard InChI is InChI=1S/3C10H18O4S2.C8H17.Sn/c3*11-8(12)2-1-3-10(4-6-15,5-7-16)9(13)14;1-3-5-7-8-6-4-2;/h3*15-16H,1-7H2,(H,11,12)(H,13,14);1,3-8H2,2H3;. The van der Waals surface area contributed by atoms with Gasteiger partial charge in [-0.3, -0.25) is 28.8 Å². The molecule has 19 heteroatoms. The van der Waals surface area contributed by atoms with Crippen LogP contribution in [0.3, 0.4) is 0 Å². The van der Waals surface area contributed by atoms with E-state index in [1.807, 2.05) is 0 Å².